The molecule has 0 saturated carbocycles. The number of halogens is 2. The number of hydrogen-bond donors (Lipinski definition) is 1. The van der Waals surface area contributed by atoms with Crippen molar-refractivity contribution in [1.82, 2.24) is 5.32 Å². The van der Waals surface area contributed by atoms with Crippen LogP contribution in [0.4, 0.5) is 0 Å². The molecule has 0 aromatic heterocycles. The van der Waals surface area contributed by atoms with E-state index < -0.39 is 0 Å². The van der Waals surface area contributed by atoms with Crippen molar-refractivity contribution >= 4 is 33.4 Å². The molecular formula is C14H19BrClNO. The van der Waals surface area contributed by atoms with Crippen LogP contribution in [-0.4, -0.2) is 17.8 Å². The first kappa shape index (κ1) is 15.5. The van der Waals surface area contributed by atoms with Crippen molar-refractivity contribution in [2.75, 3.05) is 11.9 Å². The smallest absolute Gasteiger partial charge is 0.251 e. The molecule has 1 aromatic rings. The molecule has 0 heterocycles. The van der Waals surface area contributed by atoms with E-state index in [4.69, 9.17) is 11.6 Å². The van der Waals surface area contributed by atoms with Gasteiger partial charge in [0.1, 0.15) is 0 Å². The zero-order valence-corrected chi connectivity index (χ0v) is 13.1. The standard InChI is InChI=1S/C14H19BrClNO/c1-3-14(4-2,9-15)10-17-13(18)11-6-5-7-12(16)8-11/h5-8H,3-4,9-10H2,1-2H3,(H,17,18). The quantitative estimate of drug-likeness (QED) is 0.774. The molecule has 0 unspecified atom stereocenters. The highest BCUT2D eigenvalue weighted by atomic mass is 79.9. The van der Waals surface area contributed by atoms with Gasteiger partial charge in [-0.25, -0.2) is 0 Å². The number of benzene rings is 1. The average molecular weight is 333 g/mol. The van der Waals surface area contributed by atoms with Gasteiger partial charge in [-0.15, -0.1) is 0 Å². The summed E-state index contributed by atoms with van der Waals surface area (Å²) in [7, 11) is 0. The van der Waals surface area contributed by atoms with Crippen LogP contribution >= 0.6 is 27.5 Å². The number of hydrogen-bond acceptors (Lipinski definition) is 1. The van der Waals surface area contributed by atoms with Gasteiger partial charge in [0, 0.05) is 22.5 Å². The molecule has 18 heavy (non-hydrogen) atoms. The van der Waals surface area contributed by atoms with Gasteiger partial charge in [-0.3, -0.25) is 4.79 Å². The van der Waals surface area contributed by atoms with Crippen LogP contribution in [0.5, 0.6) is 0 Å². The van der Waals surface area contributed by atoms with Crippen LogP contribution in [-0.2, 0) is 0 Å². The summed E-state index contributed by atoms with van der Waals surface area (Å²) < 4.78 is 0. The lowest BCUT2D eigenvalue weighted by molar-refractivity contribution is 0.0932. The van der Waals surface area contributed by atoms with Gasteiger partial charge in [-0.05, 0) is 36.5 Å². The summed E-state index contributed by atoms with van der Waals surface area (Å²) in [6, 6.07) is 7.01. The van der Waals surface area contributed by atoms with Crippen LogP contribution in [0.2, 0.25) is 5.02 Å². The molecule has 0 bridgehead atoms. The zero-order chi connectivity index (χ0) is 13.6. The van der Waals surface area contributed by atoms with E-state index in [0.29, 0.717) is 17.1 Å². The lowest BCUT2D eigenvalue weighted by Crippen LogP contribution is -2.38. The highest BCUT2D eigenvalue weighted by molar-refractivity contribution is 9.09. The average Bonchev–Trinajstić information content (AvgIpc) is 2.40. The van der Waals surface area contributed by atoms with Crippen LogP contribution < -0.4 is 5.32 Å². The third kappa shape index (κ3) is 3.99. The molecule has 0 aliphatic rings. The summed E-state index contributed by atoms with van der Waals surface area (Å²) in [4.78, 5) is 12.0. The molecule has 0 aliphatic carbocycles. The lowest BCUT2D eigenvalue weighted by Gasteiger charge is -2.29. The Bertz CT molecular complexity index is 396. The van der Waals surface area contributed by atoms with Crippen LogP contribution in [0.15, 0.2) is 24.3 Å². The molecule has 1 N–H and O–H groups in total. The Morgan fingerprint density at radius 2 is 2.06 bits per heavy atom. The number of alkyl halides is 1. The third-order valence-corrected chi connectivity index (χ3v) is 4.92. The Balaban J connectivity index is 2.66. The second-order valence-electron chi connectivity index (χ2n) is 4.53. The van der Waals surface area contributed by atoms with Gasteiger partial charge in [0.25, 0.3) is 5.91 Å². The molecule has 0 aliphatic heterocycles. The first-order chi connectivity index (χ1) is 8.56. The van der Waals surface area contributed by atoms with Gasteiger partial charge in [0.2, 0.25) is 0 Å². The molecule has 0 atom stereocenters. The fourth-order valence-corrected chi connectivity index (χ4v) is 2.92. The first-order valence-corrected chi connectivity index (χ1v) is 7.66. The van der Waals surface area contributed by atoms with E-state index in [2.05, 4.69) is 35.1 Å². The maximum Gasteiger partial charge on any atom is 0.251 e. The molecule has 1 aromatic carbocycles. The highest BCUT2D eigenvalue weighted by Crippen LogP contribution is 2.27. The Hall–Kier alpha value is -0.540. The third-order valence-electron chi connectivity index (χ3n) is 3.49. The van der Waals surface area contributed by atoms with Crippen molar-refractivity contribution in [2.45, 2.75) is 26.7 Å². The lowest BCUT2D eigenvalue weighted by atomic mass is 9.84. The van der Waals surface area contributed by atoms with E-state index in [0.717, 1.165) is 18.2 Å². The second-order valence-corrected chi connectivity index (χ2v) is 5.53. The molecule has 0 spiro atoms. The predicted molar refractivity (Wildman–Crippen MR) is 80.6 cm³/mol. The van der Waals surface area contributed by atoms with Gasteiger partial charge in [0.15, 0.2) is 0 Å². The summed E-state index contributed by atoms with van der Waals surface area (Å²) in [6.45, 7) is 4.98. The van der Waals surface area contributed by atoms with Crippen molar-refractivity contribution in [3.8, 4) is 0 Å². The Labute approximate surface area is 122 Å². The van der Waals surface area contributed by atoms with Crippen LogP contribution in [0.1, 0.15) is 37.0 Å². The minimum atomic E-state index is -0.0651. The topological polar surface area (TPSA) is 29.1 Å². The van der Waals surface area contributed by atoms with Crippen molar-refractivity contribution in [3.63, 3.8) is 0 Å². The molecule has 100 valence electrons. The second kappa shape index (κ2) is 7.15. The Morgan fingerprint density at radius 1 is 1.39 bits per heavy atom. The van der Waals surface area contributed by atoms with Gasteiger partial charge in [0.05, 0.1) is 0 Å². The maximum absolute atomic E-state index is 12.0. The van der Waals surface area contributed by atoms with Crippen molar-refractivity contribution in [1.29, 1.82) is 0 Å². The molecule has 1 amide bonds. The first-order valence-electron chi connectivity index (χ1n) is 6.16. The van der Waals surface area contributed by atoms with Crippen molar-refractivity contribution < 1.29 is 4.79 Å². The summed E-state index contributed by atoms with van der Waals surface area (Å²) in [5.41, 5.74) is 0.743. The number of carbonyl (C=O) groups is 1. The number of amides is 1. The van der Waals surface area contributed by atoms with E-state index in [9.17, 15) is 4.79 Å². The van der Waals surface area contributed by atoms with Crippen molar-refractivity contribution in [2.24, 2.45) is 5.41 Å². The Morgan fingerprint density at radius 3 is 2.56 bits per heavy atom. The van der Waals surface area contributed by atoms with Crippen LogP contribution in [0.25, 0.3) is 0 Å². The van der Waals surface area contributed by atoms with E-state index in [1.807, 2.05) is 0 Å². The molecule has 4 heteroatoms. The monoisotopic (exact) mass is 331 g/mol. The number of nitrogens with one attached hydrogen (secondary N) is 1. The van der Waals surface area contributed by atoms with Gasteiger partial charge in [-0.1, -0.05) is 47.4 Å². The summed E-state index contributed by atoms with van der Waals surface area (Å²) in [6.07, 6.45) is 2.06. The number of carbonyl (C=O) groups excluding carboxylic acids is 1. The van der Waals surface area contributed by atoms with Crippen molar-refractivity contribution in [3.05, 3.63) is 34.9 Å². The molecular weight excluding hydrogens is 314 g/mol. The van der Waals surface area contributed by atoms with Gasteiger partial charge < -0.3 is 5.32 Å². The molecule has 1 rings (SSSR count). The van der Waals surface area contributed by atoms with Gasteiger partial charge in [-0.2, -0.15) is 0 Å². The van der Waals surface area contributed by atoms with Crippen LogP contribution in [0.3, 0.4) is 0 Å². The minimum absolute atomic E-state index is 0.0651. The largest absolute Gasteiger partial charge is 0.351 e. The summed E-state index contributed by atoms with van der Waals surface area (Å²) >= 11 is 9.41. The van der Waals surface area contributed by atoms with E-state index >= 15 is 0 Å². The summed E-state index contributed by atoms with van der Waals surface area (Å²) in [5, 5.41) is 4.47. The Kier molecular flexibility index (Phi) is 6.16. The normalized spacial score (nSPS) is 11.3. The minimum Gasteiger partial charge on any atom is -0.351 e. The molecule has 0 fully saturated rings. The fraction of sp³-hybridized carbons (Fsp3) is 0.500. The number of rotatable bonds is 6. The molecule has 2 nitrogen and oxygen atoms in total. The summed E-state index contributed by atoms with van der Waals surface area (Å²) in [5.74, 6) is -0.0651. The van der Waals surface area contributed by atoms with E-state index in [1.165, 1.54) is 0 Å². The van der Waals surface area contributed by atoms with E-state index in [1.54, 1.807) is 24.3 Å². The van der Waals surface area contributed by atoms with E-state index in [-0.39, 0.29) is 11.3 Å². The predicted octanol–water partition coefficient (Wildman–Crippen LogP) is 4.27. The zero-order valence-electron chi connectivity index (χ0n) is 10.8. The fourth-order valence-electron chi connectivity index (χ4n) is 1.74. The molecule has 0 radical (unpaired) electrons. The van der Waals surface area contributed by atoms with Gasteiger partial charge >= 0.3 is 0 Å². The molecule has 0 saturated heterocycles. The highest BCUT2D eigenvalue weighted by Gasteiger charge is 2.25. The SMILES string of the molecule is CCC(CC)(CBr)CNC(=O)c1cccc(Cl)c1. The van der Waals surface area contributed by atoms with Crippen LogP contribution in [0, 0.1) is 5.41 Å². The maximum atomic E-state index is 12.0.